The summed E-state index contributed by atoms with van der Waals surface area (Å²) in [6.07, 6.45) is 5.93. The number of hydrogen-bond donors (Lipinski definition) is 1. The van der Waals surface area contributed by atoms with Gasteiger partial charge in [-0.05, 0) is 68.7 Å². The Balaban J connectivity index is 1.34. The van der Waals surface area contributed by atoms with Crippen LogP contribution in [-0.4, -0.2) is 53.5 Å². The van der Waals surface area contributed by atoms with E-state index in [1.54, 1.807) is 18.5 Å². The Morgan fingerprint density at radius 2 is 2.03 bits per heavy atom. The molecule has 2 aliphatic rings. The molecule has 1 saturated heterocycles. The lowest BCUT2D eigenvalue weighted by molar-refractivity contribution is 0.0148. The van der Waals surface area contributed by atoms with Gasteiger partial charge in [0.25, 0.3) is 5.91 Å². The largest absolute Gasteiger partial charge is 0.490 e. The highest BCUT2D eigenvalue weighted by Gasteiger charge is 2.37. The number of nitrogens with one attached hydrogen (secondary N) is 1. The Labute approximate surface area is 220 Å². The van der Waals surface area contributed by atoms with Crippen LogP contribution in [0.4, 0.5) is 8.78 Å². The SMILES string of the molecule is CSNC(=O)c1cc(C2CC2)c(OCC2(F)CCN(Cc3cnc(OC(C)C)c(Cl)c3)CC2)cc1F. The third-order valence-corrected chi connectivity index (χ3v) is 7.07. The first kappa shape index (κ1) is 26.9. The number of aromatic nitrogens is 1. The van der Waals surface area contributed by atoms with E-state index in [4.69, 9.17) is 21.1 Å². The predicted octanol–water partition coefficient (Wildman–Crippen LogP) is 5.93. The molecule has 1 saturated carbocycles. The molecule has 0 bridgehead atoms. The first-order valence-corrected chi connectivity index (χ1v) is 13.8. The minimum Gasteiger partial charge on any atom is -0.490 e. The number of carbonyl (C=O) groups excluding carboxylic acids is 1. The Kier molecular flexibility index (Phi) is 8.63. The van der Waals surface area contributed by atoms with Crippen LogP contribution in [0.2, 0.25) is 5.02 Å². The summed E-state index contributed by atoms with van der Waals surface area (Å²) in [7, 11) is 0. The van der Waals surface area contributed by atoms with E-state index in [0.717, 1.165) is 35.9 Å². The van der Waals surface area contributed by atoms with Crippen LogP contribution < -0.4 is 14.2 Å². The highest BCUT2D eigenvalue weighted by Crippen LogP contribution is 2.45. The average Bonchev–Trinajstić information content (AvgIpc) is 3.66. The Morgan fingerprint density at radius 3 is 2.64 bits per heavy atom. The van der Waals surface area contributed by atoms with Crippen LogP contribution in [0.25, 0.3) is 0 Å². The van der Waals surface area contributed by atoms with Crippen molar-refractivity contribution in [2.75, 3.05) is 26.0 Å². The lowest BCUT2D eigenvalue weighted by Gasteiger charge is -2.36. The molecule has 0 unspecified atom stereocenters. The molecule has 1 aromatic carbocycles. The number of pyridine rings is 1. The van der Waals surface area contributed by atoms with E-state index in [9.17, 15) is 9.18 Å². The van der Waals surface area contributed by atoms with Crippen LogP contribution in [0.15, 0.2) is 24.4 Å². The molecular formula is C26H32ClF2N3O3S. The third-order valence-electron chi connectivity index (χ3n) is 6.41. The van der Waals surface area contributed by atoms with E-state index >= 15 is 4.39 Å². The van der Waals surface area contributed by atoms with Crippen molar-refractivity contribution in [1.29, 1.82) is 0 Å². The maximum absolute atomic E-state index is 15.6. The van der Waals surface area contributed by atoms with Gasteiger partial charge in [-0.15, -0.1) is 0 Å². The van der Waals surface area contributed by atoms with E-state index in [1.165, 1.54) is 6.07 Å². The number of nitrogens with zero attached hydrogens (tertiary/aromatic N) is 2. The second-order valence-corrected chi connectivity index (χ2v) is 10.8. The Hall–Kier alpha value is -2.10. The highest BCUT2D eigenvalue weighted by molar-refractivity contribution is 7.97. The number of ether oxygens (including phenoxy) is 2. The molecule has 2 fully saturated rings. The maximum Gasteiger partial charge on any atom is 0.264 e. The van der Waals surface area contributed by atoms with E-state index in [1.807, 2.05) is 19.9 Å². The molecule has 4 rings (SSSR count). The molecular weight excluding hydrogens is 508 g/mol. The molecule has 0 spiro atoms. The minimum absolute atomic E-state index is 0.0136. The van der Waals surface area contributed by atoms with Gasteiger partial charge in [-0.1, -0.05) is 23.5 Å². The lowest BCUT2D eigenvalue weighted by atomic mass is 9.94. The quantitative estimate of drug-likeness (QED) is 0.378. The molecule has 2 aromatic rings. The summed E-state index contributed by atoms with van der Waals surface area (Å²) in [6, 6.07) is 4.62. The fourth-order valence-electron chi connectivity index (χ4n) is 4.31. The zero-order valence-electron chi connectivity index (χ0n) is 20.8. The summed E-state index contributed by atoms with van der Waals surface area (Å²) in [4.78, 5) is 18.6. The van der Waals surface area contributed by atoms with Crippen LogP contribution >= 0.6 is 23.5 Å². The molecule has 196 valence electrons. The minimum atomic E-state index is -1.51. The molecule has 1 aliphatic heterocycles. The van der Waals surface area contributed by atoms with Crippen molar-refractivity contribution in [3.63, 3.8) is 0 Å². The number of carbonyl (C=O) groups is 1. The highest BCUT2D eigenvalue weighted by atomic mass is 35.5. The van der Waals surface area contributed by atoms with E-state index in [2.05, 4.69) is 14.6 Å². The number of rotatable bonds is 10. The first-order chi connectivity index (χ1) is 17.2. The summed E-state index contributed by atoms with van der Waals surface area (Å²) < 4.78 is 44.2. The standard InChI is InChI=1S/C26H32ClF2N3O3S/c1-16(2)35-25-21(27)10-17(13-30-25)14-32-8-6-26(29,7-9-32)15-34-23-12-22(28)20(24(33)31-36-3)11-19(23)18-4-5-18/h10-13,16,18H,4-9,14-15H2,1-3H3,(H,31,33). The van der Waals surface area contributed by atoms with Crippen molar-refractivity contribution in [3.05, 3.63) is 51.9 Å². The third kappa shape index (κ3) is 6.81. The number of likely N-dealkylation sites (tertiary alicyclic amines) is 1. The number of hydrogen-bond acceptors (Lipinski definition) is 6. The van der Waals surface area contributed by atoms with Crippen LogP contribution in [0, 0.1) is 5.82 Å². The molecule has 1 amide bonds. The van der Waals surface area contributed by atoms with Gasteiger partial charge in [0, 0.05) is 38.2 Å². The topological polar surface area (TPSA) is 63.7 Å². The number of alkyl halides is 1. The van der Waals surface area contributed by atoms with Gasteiger partial charge in [0.1, 0.15) is 28.9 Å². The summed E-state index contributed by atoms with van der Waals surface area (Å²) >= 11 is 7.41. The molecule has 36 heavy (non-hydrogen) atoms. The molecule has 10 heteroatoms. The number of halogens is 3. The second-order valence-electron chi connectivity index (χ2n) is 9.79. The van der Waals surface area contributed by atoms with Gasteiger partial charge in [0.15, 0.2) is 0 Å². The van der Waals surface area contributed by atoms with Crippen LogP contribution in [0.1, 0.15) is 66.9 Å². The second kappa shape index (κ2) is 11.5. The molecule has 6 nitrogen and oxygen atoms in total. The number of benzene rings is 1. The van der Waals surface area contributed by atoms with Crippen molar-refractivity contribution in [3.8, 4) is 11.6 Å². The Morgan fingerprint density at radius 1 is 1.31 bits per heavy atom. The van der Waals surface area contributed by atoms with Gasteiger partial charge in [-0.25, -0.2) is 13.8 Å². The smallest absolute Gasteiger partial charge is 0.264 e. The molecule has 0 atom stereocenters. The number of amides is 1. The van der Waals surface area contributed by atoms with Gasteiger partial charge < -0.3 is 9.47 Å². The summed E-state index contributed by atoms with van der Waals surface area (Å²) in [5.74, 6) is -0.188. The Bertz CT molecular complexity index is 1090. The van der Waals surface area contributed by atoms with Gasteiger partial charge >= 0.3 is 0 Å². The normalized spacial score (nSPS) is 17.8. The fraction of sp³-hybridized carbons (Fsp3) is 0.538. The molecule has 1 aliphatic carbocycles. The van der Waals surface area contributed by atoms with Crippen molar-refractivity contribution < 1.29 is 23.0 Å². The zero-order chi connectivity index (χ0) is 25.9. The first-order valence-electron chi connectivity index (χ1n) is 12.2. The van der Waals surface area contributed by atoms with Gasteiger partial charge in [0.05, 0.1) is 11.7 Å². The molecule has 2 heterocycles. The van der Waals surface area contributed by atoms with Crippen molar-refractivity contribution in [2.24, 2.45) is 0 Å². The zero-order valence-corrected chi connectivity index (χ0v) is 22.4. The van der Waals surface area contributed by atoms with Gasteiger partial charge in [0.2, 0.25) is 5.88 Å². The molecule has 1 aromatic heterocycles. The van der Waals surface area contributed by atoms with Crippen LogP contribution in [0.3, 0.4) is 0 Å². The van der Waals surface area contributed by atoms with Crippen molar-refractivity contribution in [2.45, 2.75) is 63.8 Å². The molecule has 0 radical (unpaired) electrons. The predicted molar refractivity (Wildman–Crippen MR) is 138 cm³/mol. The van der Waals surface area contributed by atoms with Crippen LogP contribution in [0.5, 0.6) is 11.6 Å². The number of piperidine rings is 1. The monoisotopic (exact) mass is 539 g/mol. The van der Waals surface area contributed by atoms with Crippen LogP contribution in [-0.2, 0) is 6.54 Å². The van der Waals surface area contributed by atoms with Gasteiger partial charge in [-0.3, -0.25) is 14.4 Å². The van der Waals surface area contributed by atoms with Gasteiger partial charge in [-0.2, -0.15) is 0 Å². The summed E-state index contributed by atoms with van der Waals surface area (Å²) in [5.41, 5.74) is 0.195. The lowest BCUT2D eigenvalue weighted by Crippen LogP contribution is -2.44. The van der Waals surface area contributed by atoms with E-state index < -0.39 is 17.4 Å². The molecule has 1 N–H and O–H groups in total. The fourth-order valence-corrected chi connectivity index (χ4v) is 4.84. The van der Waals surface area contributed by atoms with E-state index in [-0.39, 0.29) is 24.2 Å². The summed E-state index contributed by atoms with van der Waals surface area (Å²) in [5, 5.41) is 0.460. The van der Waals surface area contributed by atoms with Crippen molar-refractivity contribution in [1.82, 2.24) is 14.6 Å². The average molecular weight is 540 g/mol. The van der Waals surface area contributed by atoms with E-state index in [0.29, 0.717) is 49.1 Å². The summed E-state index contributed by atoms with van der Waals surface area (Å²) in [6.45, 7) is 5.40. The maximum atomic E-state index is 15.6. The van der Waals surface area contributed by atoms with Crippen molar-refractivity contribution >= 4 is 29.5 Å².